The van der Waals surface area contributed by atoms with Crippen molar-refractivity contribution in [2.24, 2.45) is 0 Å². The molecule has 0 aromatic heterocycles. The van der Waals surface area contributed by atoms with Crippen molar-refractivity contribution < 1.29 is 23.1 Å². The van der Waals surface area contributed by atoms with Crippen molar-refractivity contribution in [1.29, 1.82) is 0 Å². The summed E-state index contributed by atoms with van der Waals surface area (Å²) in [4.78, 5) is 0. The molecule has 0 aliphatic heterocycles. The number of hydrogen-bond acceptors (Lipinski definition) is 4. The molecule has 1 aromatic rings. The smallest absolute Gasteiger partial charge is 0.362 e. The average Bonchev–Trinajstić information content (AvgIpc) is 2.36. The Kier molecular flexibility index (Phi) is 5.02. The van der Waals surface area contributed by atoms with Crippen molar-refractivity contribution in [1.82, 2.24) is 0 Å². The second kappa shape index (κ2) is 6.07. The lowest BCUT2D eigenvalue weighted by Crippen LogP contribution is -2.06. The first-order valence-corrected chi connectivity index (χ1v) is 6.46. The van der Waals surface area contributed by atoms with E-state index in [1.54, 1.807) is 0 Å². The summed E-state index contributed by atoms with van der Waals surface area (Å²) in [5.74, 6) is -1.70. The van der Waals surface area contributed by atoms with Gasteiger partial charge < -0.3 is 14.2 Å². The van der Waals surface area contributed by atoms with E-state index in [1.165, 1.54) is 50.6 Å². The normalized spacial score (nSPS) is 14.1. The Bertz CT molecular complexity index is 422. The molecule has 4 nitrogen and oxygen atoms in total. The van der Waals surface area contributed by atoms with Crippen LogP contribution in [-0.2, 0) is 13.6 Å². The van der Waals surface area contributed by atoms with E-state index in [2.05, 4.69) is 9.05 Å². The van der Waals surface area contributed by atoms with Gasteiger partial charge in [0, 0.05) is 14.2 Å². The summed E-state index contributed by atoms with van der Waals surface area (Å²) in [6.07, 6.45) is 2.79. The first-order valence-electron chi connectivity index (χ1n) is 4.85. The Labute approximate surface area is 99.2 Å². The molecule has 94 valence electrons. The molecule has 0 amide bonds. The molecule has 1 rings (SSSR count). The summed E-state index contributed by atoms with van der Waals surface area (Å²) in [6.45, 7) is 0. The quantitative estimate of drug-likeness (QED) is 0.827. The number of halogens is 1. The SMILES string of the molecule is COP(=O)(OC)[C@@H](O)/C=C/c1ccc(F)cc1. The van der Waals surface area contributed by atoms with Crippen LogP contribution in [0.5, 0.6) is 0 Å². The highest BCUT2D eigenvalue weighted by atomic mass is 31.2. The van der Waals surface area contributed by atoms with Crippen molar-refractivity contribution in [3.8, 4) is 0 Å². The van der Waals surface area contributed by atoms with Crippen LogP contribution in [0.4, 0.5) is 4.39 Å². The molecule has 0 spiro atoms. The van der Waals surface area contributed by atoms with Crippen LogP contribution < -0.4 is 0 Å². The highest BCUT2D eigenvalue weighted by Gasteiger charge is 2.29. The van der Waals surface area contributed by atoms with Crippen LogP contribution >= 0.6 is 7.60 Å². The van der Waals surface area contributed by atoms with Crippen molar-refractivity contribution in [3.05, 3.63) is 41.7 Å². The molecule has 0 unspecified atom stereocenters. The number of benzene rings is 1. The molecule has 1 aromatic carbocycles. The third kappa shape index (κ3) is 3.75. The topological polar surface area (TPSA) is 55.8 Å². The molecule has 0 heterocycles. The second-order valence-electron chi connectivity index (χ2n) is 3.23. The van der Waals surface area contributed by atoms with Crippen LogP contribution in [0.3, 0.4) is 0 Å². The Morgan fingerprint density at radius 1 is 1.29 bits per heavy atom. The molecule has 0 saturated carbocycles. The maximum Gasteiger partial charge on any atom is 0.362 e. The summed E-state index contributed by atoms with van der Waals surface area (Å²) in [5, 5.41) is 9.61. The van der Waals surface area contributed by atoms with Crippen LogP contribution in [0.1, 0.15) is 5.56 Å². The molecule has 0 aliphatic carbocycles. The Morgan fingerprint density at radius 3 is 2.29 bits per heavy atom. The lowest BCUT2D eigenvalue weighted by molar-refractivity contribution is 0.201. The van der Waals surface area contributed by atoms with E-state index in [-0.39, 0.29) is 5.82 Å². The van der Waals surface area contributed by atoms with Gasteiger partial charge in [0.2, 0.25) is 0 Å². The first kappa shape index (κ1) is 14.1. The van der Waals surface area contributed by atoms with Crippen LogP contribution in [-0.4, -0.2) is 25.2 Å². The van der Waals surface area contributed by atoms with Crippen LogP contribution in [0.25, 0.3) is 6.08 Å². The molecule has 0 fully saturated rings. The maximum absolute atomic E-state index is 12.6. The minimum atomic E-state index is -3.52. The van der Waals surface area contributed by atoms with Gasteiger partial charge >= 0.3 is 7.60 Å². The van der Waals surface area contributed by atoms with E-state index >= 15 is 0 Å². The van der Waals surface area contributed by atoms with Crippen molar-refractivity contribution in [2.45, 2.75) is 5.85 Å². The molecule has 17 heavy (non-hydrogen) atoms. The Hall–Kier alpha value is -1.00. The van der Waals surface area contributed by atoms with E-state index in [0.717, 1.165) is 0 Å². The predicted molar refractivity (Wildman–Crippen MR) is 63.1 cm³/mol. The fourth-order valence-electron chi connectivity index (χ4n) is 1.17. The van der Waals surface area contributed by atoms with Crippen molar-refractivity contribution in [2.75, 3.05) is 14.2 Å². The molecular weight excluding hydrogens is 246 g/mol. The number of aliphatic hydroxyl groups excluding tert-OH is 1. The number of aliphatic hydroxyl groups is 1. The fourth-order valence-corrected chi connectivity index (χ4v) is 2.04. The zero-order chi connectivity index (χ0) is 12.9. The first-order chi connectivity index (χ1) is 8.01. The van der Waals surface area contributed by atoms with Gasteiger partial charge in [0.05, 0.1) is 0 Å². The summed E-state index contributed by atoms with van der Waals surface area (Å²) in [6, 6.07) is 5.64. The average molecular weight is 260 g/mol. The van der Waals surface area contributed by atoms with E-state index in [1.807, 2.05) is 0 Å². The number of hydrogen-bond donors (Lipinski definition) is 1. The second-order valence-corrected chi connectivity index (χ2v) is 5.57. The standard InChI is InChI=1S/C11H14FO4P/c1-15-17(14,16-2)11(13)8-5-9-3-6-10(12)7-4-9/h3-8,11,13H,1-2H3/b8-5+/t11-/m1/s1. The molecule has 0 aliphatic rings. The summed E-state index contributed by atoms with van der Waals surface area (Å²) in [7, 11) is -1.14. The Morgan fingerprint density at radius 2 is 1.82 bits per heavy atom. The fraction of sp³-hybridized carbons (Fsp3) is 0.273. The van der Waals surface area contributed by atoms with E-state index in [9.17, 15) is 14.1 Å². The zero-order valence-electron chi connectivity index (χ0n) is 9.54. The summed E-state index contributed by atoms with van der Waals surface area (Å²) >= 11 is 0. The molecule has 1 atom stereocenters. The van der Waals surface area contributed by atoms with Gasteiger partial charge in [0.15, 0.2) is 5.85 Å². The Balaban J connectivity index is 2.77. The third-order valence-electron chi connectivity index (χ3n) is 2.16. The minimum Gasteiger partial charge on any atom is -0.377 e. The molecule has 1 N–H and O–H groups in total. The minimum absolute atomic E-state index is 0.345. The highest BCUT2D eigenvalue weighted by molar-refractivity contribution is 7.54. The van der Waals surface area contributed by atoms with Gasteiger partial charge in [0.25, 0.3) is 0 Å². The molecule has 6 heteroatoms. The summed E-state index contributed by atoms with van der Waals surface area (Å²) in [5.41, 5.74) is 0.671. The molecule has 0 bridgehead atoms. The van der Waals surface area contributed by atoms with Gasteiger partial charge in [-0.2, -0.15) is 0 Å². The van der Waals surface area contributed by atoms with Crippen LogP contribution in [0.15, 0.2) is 30.3 Å². The van der Waals surface area contributed by atoms with E-state index < -0.39 is 13.4 Å². The maximum atomic E-state index is 12.6. The molecular formula is C11H14FO4P. The van der Waals surface area contributed by atoms with Crippen molar-refractivity contribution >= 4 is 13.7 Å². The van der Waals surface area contributed by atoms with Crippen molar-refractivity contribution in [3.63, 3.8) is 0 Å². The van der Waals surface area contributed by atoms with Crippen LogP contribution in [0, 0.1) is 5.82 Å². The lowest BCUT2D eigenvalue weighted by atomic mass is 10.2. The summed E-state index contributed by atoms with van der Waals surface area (Å²) < 4.78 is 33.6. The van der Waals surface area contributed by atoms with Gasteiger partial charge in [-0.1, -0.05) is 18.2 Å². The van der Waals surface area contributed by atoms with E-state index in [0.29, 0.717) is 5.56 Å². The zero-order valence-corrected chi connectivity index (χ0v) is 10.4. The lowest BCUT2D eigenvalue weighted by Gasteiger charge is -2.16. The largest absolute Gasteiger partial charge is 0.377 e. The highest BCUT2D eigenvalue weighted by Crippen LogP contribution is 2.50. The molecule has 0 radical (unpaired) electrons. The van der Waals surface area contributed by atoms with Gasteiger partial charge in [-0.25, -0.2) is 4.39 Å². The number of rotatable bonds is 5. The van der Waals surface area contributed by atoms with E-state index in [4.69, 9.17) is 0 Å². The van der Waals surface area contributed by atoms with Gasteiger partial charge in [0.1, 0.15) is 5.82 Å². The molecule has 0 saturated heterocycles. The third-order valence-corrected chi connectivity index (χ3v) is 4.00. The van der Waals surface area contributed by atoms with Gasteiger partial charge in [-0.05, 0) is 23.8 Å². The van der Waals surface area contributed by atoms with Gasteiger partial charge in [-0.15, -0.1) is 0 Å². The predicted octanol–water partition coefficient (Wildman–Crippen LogP) is 2.64. The van der Waals surface area contributed by atoms with Gasteiger partial charge in [-0.3, -0.25) is 4.57 Å². The van der Waals surface area contributed by atoms with Crippen LogP contribution in [0.2, 0.25) is 0 Å². The monoisotopic (exact) mass is 260 g/mol.